The highest BCUT2D eigenvalue weighted by atomic mass is 19.1. The quantitative estimate of drug-likeness (QED) is 0.679. The molecule has 0 aliphatic carbocycles. The van der Waals surface area contributed by atoms with Crippen molar-refractivity contribution < 1.29 is 18.7 Å². The van der Waals surface area contributed by atoms with Gasteiger partial charge in [0.05, 0.1) is 0 Å². The van der Waals surface area contributed by atoms with E-state index in [4.69, 9.17) is 4.74 Å². The summed E-state index contributed by atoms with van der Waals surface area (Å²) >= 11 is 0. The van der Waals surface area contributed by atoms with E-state index in [2.05, 4.69) is 5.32 Å². The number of nitrogens with one attached hydrogen (secondary N) is 1. The highest BCUT2D eigenvalue weighted by Gasteiger charge is 2.70. The Balaban J connectivity index is 1.70. The van der Waals surface area contributed by atoms with Gasteiger partial charge in [0, 0.05) is 16.8 Å². The Morgan fingerprint density at radius 1 is 1.14 bits per heavy atom. The first-order chi connectivity index (χ1) is 10.1. The Hall–Kier alpha value is -2.53. The average Bonchev–Trinajstić information content (AvgIpc) is 3.18. The molecule has 21 heavy (non-hydrogen) atoms. The molecule has 0 radical (unpaired) electrons. The summed E-state index contributed by atoms with van der Waals surface area (Å²) in [6.45, 7) is 0. The molecule has 1 fully saturated rings. The number of epoxide rings is 1. The normalized spacial score (nSPS) is 25.6. The van der Waals surface area contributed by atoms with E-state index in [-0.39, 0.29) is 11.7 Å². The highest BCUT2D eigenvalue weighted by molar-refractivity contribution is 6.15. The number of Topliss-reactive ketones (excluding diaryl/α,β-unsaturated/α-hetero) is 1. The third-order valence-electron chi connectivity index (χ3n) is 3.90. The lowest BCUT2D eigenvalue weighted by molar-refractivity contribution is -0.120. The Morgan fingerprint density at radius 3 is 2.62 bits per heavy atom. The second kappa shape index (κ2) is 3.99. The molecule has 2 aliphatic rings. The van der Waals surface area contributed by atoms with Gasteiger partial charge in [-0.2, -0.15) is 0 Å². The van der Waals surface area contributed by atoms with Crippen molar-refractivity contribution in [3.05, 3.63) is 65.5 Å². The Morgan fingerprint density at radius 2 is 1.86 bits per heavy atom. The van der Waals surface area contributed by atoms with Crippen molar-refractivity contribution in [2.24, 2.45) is 0 Å². The van der Waals surface area contributed by atoms with Crippen molar-refractivity contribution >= 4 is 17.4 Å². The largest absolute Gasteiger partial charge is 0.342 e. The highest BCUT2D eigenvalue weighted by Crippen LogP contribution is 2.54. The third-order valence-corrected chi connectivity index (χ3v) is 3.90. The molecule has 2 heterocycles. The Labute approximate surface area is 119 Å². The van der Waals surface area contributed by atoms with Gasteiger partial charge in [-0.25, -0.2) is 4.39 Å². The predicted octanol–water partition coefficient (Wildman–Crippen LogP) is 2.25. The average molecular weight is 283 g/mol. The number of hydrogen-bond acceptors (Lipinski definition) is 3. The minimum atomic E-state index is -1.22. The summed E-state index contributed by atoms with van der Waals surface area (Å²) in [5.41, 5.74) is 0.449. The first kappa shape index (κ1) is 12.2. The lowest BCUT2D eigenvalue weighted by Gasteiger charge is -2.02. The second-order valence-electron chi connectivity index (χ2n) is 5.10. The maximum absolute atomic E-state index is 12.9. The molecule has 1 amide bonds. The number of halogens is 1. The van der Waals surface area contributed by atoms with Crippen LogP contribution in [0.4, 0.5) is 10.1 Å². The van der Waals surface area contributed by atoms with Crippen LogP contribution in [0.2, 0.25) is 0 Å². The number of carbonyl (C=O) groups excluding carboxylic acids is 2. The molecule has 2 aliphatic heterocycles. The molecule has 0 bridgehead atoms. The summed E-state index contributed by atoms with van der Waals surface area (Å²) in [6, 6.07) is 12.3. The number of rotatable bonds is 2. The minimum Gasteiger partial charge on any atom is -0.342 e. The van der Waals surface area contributed by atoms with Crippen LogP contribution in [0.15, 0.2) is 48.5 Å². The predicted molar refractivity (Wildman–Crippen MR) is 72.4 cm³/mol. The molecule has 2 aromatic carbocycles. The van der Waals surface area contributed by atoms with E-state index >= 15 is 0 Å². The number of hydrogen-bond donors (Lipinski definition) is 1. The topological polar surface area (TPSA) is 58.7 Å². The van der Waals surface area contributed by atoms with Gasteiger partial charge >= 0.3 is 0 Å². The van der Waals surface area contributed by atoms with E-state index in [1.165, 1.54) is 24.3 Å². The van der Waals surface area contributed by atoms with E-state index in [0.717, 1.165) is 0 Å². The molecule has 0 aromatic heterocycles. The van der Waals surface area contributed by atoms with Gasteiger partial charge in [0.2, 0.25) is 5.60 Å². The Bertz CT molecular complexity index is 771. The SMILES string of the molecule is O=C(c1ccc(F)cc1)[C@H]1O[C@]12C(=O)Nc1ccccc12. The second-order valence-corrected chi connectivity index (χ2v) is 5.10. The molecule has 1 spiro atoms. The van der Waals surface area contributed by atoms with Gasteiger partial charge in [-0.3, -0.25) is 9.59 Å². The number of ether oxygens (including phenoxy) is 1. The van der Waals surface area contributed by atoms with Crippen LogP contribution >= 0.6 is 0 Å². The molecule has 0 unspecified atom stereocenters. The summed E-state index contributed by atoms with van der Waals surface area (Å²) in [4.78, 5) is 24.6. The molecule has 1 N–H and O–H groups in total. The van der Waals surface area contributed by atoms with Crippen LogP contribution in [0.3, 0.4) is 0 Å². The van der Waals surface area contributed by atoms with Crippen LogP contribution in [-0.4, -0.2) is 17.8 Å². The number of benzene rings is 2. The van der Waals surface area contributed by atoms with Crippen molar-refractivity contribution in [2.75, 3.05) is 5.32 Å². The first-order valence-electron chi connectivity index (χ1n) is 6.51. The molecule has 4 rings (SSSR count). The maximum Gasteiger partial charge on any atom is 0.264 e. The van der Waals surface area contributed by atoms with Gasteiger partial charge in [-0.1, -0.05) is 18.2 Å². The summed E-state index contributed by atoms with van der Waals surface area (Å²) in [5, 5.41) is 2.72. The van der Waals surface area contributed by atoms with Crippen molar-refractivity contribution in [1.82, 2.24) is 0 Å². The number of amides is 1. The fourth-order valence-corrected chi connectivity index (χ4v) is 2.79. The summed E-state index contributed by atoms with van der Waals surface area (Å²) in [5.74, 6) is -1.06. The molecule has 0 saturated carbocycles. The molecule has 1 saturated heterocycles. The monoisotopic (exact) mass is 283 g/mol. The fourth-order valence-electron chi connectivity index (χ4n) is 2.79. The van der Waals surface area contributed by atoms with Crippen LogP contribution in [0.1, 0.15) is 15.9 Å². The van der Waals surface area contributed by atoms with Crippen LogP contribution in [0.25, 0.3) is 0 Å². The van der Waals surface area contributed by atoms with E-state index in [1.807, 2.05) is 0 Å². The van der Waals surface area contributed by atoms with Gasteiger partial charge in [-0.05, 0) is 30.3 Å². The van der Waals surface area contributed by atoms with Gasteiger partial charge in [0.1, 0.15) is 5.82 Å². The van der Waals surface area contributed by atoms with Crippen molar-refractivity contribution in [3.8, 4) is 0 Å². The minimum absolute atomic E-state index is 0.318. The van der Waals surface area contributed by atoms with E-state index in [9.17, 15) is 14.0 Å². The number of para-hydroxylation sites is 1. The maximum atomic E-state index is 12.9. The molecular weight excluding hydrogens is 273 g/mol. The van der Waals surface area contributed by atoms with Crippen molar-refractivity contribution in [1.29, 1.82) is 0 Å². The van der Waals surface area contributed by atoms with E-state index in [1.54, 1.807) is 24.3 Å². The van der Waals surface area contributed by atoms with Crippen molar-refractivity contribution in [2.45, 2.75) is 11.7 Å². The standard InChI is InChI=1S/C16H10FNO3/c17-10-7-5-9(6-8-10)13(19)14-16(21-14)11-3-1-2-4-12(11)18-15(16)20/h1-8,14H,(H,18,20)/t14-,16+/m1/s1. The molecule has 2 aromatic rings. The first-order valence-corrected chi connectivity index (χ1v) is 6.51. The fraction of sp³-hybridized carbons (Fsp3) is 0.125. The smallest absolute Gasteiger partial charge is 0.264 e. The van der Waals surface area contributed by atoms with Crippen molar-refractivity contribution in [3.63, 3.8) is 0 Å². The van der Waals surface area contributed by atoms with E-state index in [0.29, 0.717) is 16.8 Å². The number of anilines is 1. The van der Waals surface area contributed by atoms with Gasteiger partial charge in [-0.15, -0.1) is 0 Å². The van der Waals surface area contributed by atoms with Crippen LogP contribution in [-0.2, 0) is 15.1 Å². The summed E-state index contributed by atoms with van der Waals surface area (Å²) < 4.78 is 18.4. The Kier molecular flexibility index (Phi) is 2.32. The zero-order valence-corrected chi connectivity index (χ0v) is 10.8. The molecule has 104 valence electrons. The third kappa shape index (κ3) is 1.58. The lowest BCUT2D eigenvalue weighted by Crippen LogP contribution is -2.27. The molecular formula is C16H10FNO3. The number of fused-ring (bicyclic) bond motifs is 2. The molecule has 2 atom stereocenters. The van der Waals surface area contributed by atoms with Gasteiger partial charge in [0.25, 0.3) is 5.91 Å². The zero-order chi connectivity index (χ0) is 14.6. The zero-order valence-electron chi connectivity index (χ0n) is 10.8. The van der Waals surface area contributed by atoms with Gasteiger partial charge in [0.15, 0.2) is 11.9 Å². The van der Waals surface area contributed by atoms with Crippen LogP contribution in [0, 0.1) is 5.82 Å². The number of carbonyl (C=O) groups is 2. The van der Waals surface area contributed by atoms with Gasteiger partial charge < -0.3 is 10.1 Å². The molecule has 4 nitrogen and oxygen atoms in total. The number of ketones is 1. The summed E-state index contributed by atoms with van der Waals surface area (Å²) in [7, 11) is 0. The van der Waals surface area contributed by atoms with Crippen LogP contribution < -0.4 is 5.32 Å². The summed E-state index contributed by atoms with van der Waals surface area (Å²) in [6.07, 6.45) is -0.855. The lowest BCUT2D eigenvalue weighted by atomic mass is 9.92. The van der Waals surface area contributed by atoms with Crippen LogP contribution in [0.5, 0.6) is 0 Å². The van der Waals surface area contributed by atoms with E-state index < -0.39 is 17.5 Å². The molecule has 5 heteroatoms.